The van der Waals surface area contributed by atoms with Crippen LogP contribution in [0.3, 0.4) is 0 Å². The van der Waals surface area contributed by atoms with Crippen molar-refractivity contribution in [2.45, 2.75) is 57.8 Å². The molecule has 2 aliphatic heterocycles. The largest absolute Gasteiger partial charge is 0.445 e. The highest BCUT2D eigenvalue weighted by Crippen LogP contribution is 2.27. The van der Waals surface area contributed by atoms with E-state index in [4.69, 9.17) is 9.47 Å². The van der Waals surface area contributed by atoms with Crippen LogP contribution in [0.4, 0.5) is 9.59 Å². The van der Waals surface area contributed by atoms with E-state index >= 15 is 0 Å². The maximum atomic E-state index is 12.8. The van der Waals surface area contributed by atoms with Gasteiger partial charge < -0.3 is 29.3 Å². The van der Waals surface area contributed by atoms with Gasteiger partial charge in [-0.25, -0.2) is 9.59 Å². The molecular weight excluding hydrogens is 426 g/mol. The molecule has 3 amide bonds. The summed E-state index contributed by atoms with van der Waals surface area (Å²) >= 11 is 0. The molecule has 2 heterocycles. The van der Waals surface area contributed by atoms with Gasteiger partial charge in [-0.05, 0) is 39.2 Å². The standard InChI is InChI=1S/C24H35N3O6/c1-23(2,3)33-22(30)26-11-9-24(31,10-12-26)17-20(28)25-13-15-27(16-14-25)21(29)32-18-19-7-5-4-6-8-19/h4-8,31H,9-18H2,1-3H3. The number of amides is 3. The molecule has 0 spiro atoms. The molecule has 0 saturated carbocycles. The predicted octanol–water partition coefficient (Wildman–Crippen LogP) is 2.62. The summed E-state index contributed by atoms with van der Waals surface area (Å²) in [7, 11) is 0. The average Bonchev–Trinajstić information content (AvgIpc) is 2.77. The minimum absolute atomic E-state index is 0.00755. The molecule has 33 heavy (non-hydrogen) atoms. The fourth-order valence-corrected chi connectivity index (χ4v) is 3.95. The van der Waals surface area contributed by atoms with Crippen LogP contribution < -0.4 is 0 Å². The Morgan fingerprint density at radius 2 is 1.42 bits per heavy atom. The van der Waals surface area contributed by atoms with Gasteiger partial charge in [-0.15, -0.1) is 0 Å². The van der Waals surface area contributed by atoms with Crippen molar-refractivity contribution < 1.29 is 29.0 Å². The topological polar surface area (TPSA) is 99.6 Å². The van der Waals surface area contributed by atoms with Gasteiger partial charge in [0.1, 0.15) is 12.2 Å². The maximum Gasteiger partial charge on any atom is 0.410 e. The lowest BCUT2D eigenvalue weighted by atomic mass is 9.87. The number of hydrogen-bond acceptors (Lipinski definition) is 6. The maximum absolute atomic E-state index is 12.8. The summed E-state index contributed by atoms with van der Waals surface area (Å²) in [6.07, 6.45) is -0.133. The van der Waals surface area contributed by atoms with Crippen molar-refractivity contribution in [3.05, 3.63) is 35.9 Å². The molecule has 3 rings (SSSR count). The highest BCUT2D eigenvalue weighted by molar-refractivity contribution is 5.78. The Labute approximate surface area is 195 Å². The van der Waals surface area contributed by atoms with Crippen molar-refractivity contribution in [3.63, 3.8) is 0 Å². The van der Waals surface area contributed by atoms with Crippen LogP contribution in [0.5, 0.6) is 0 Å². The first kappa shape index (κ1) is 24.8. The van der Waals surface area contributed by atoms with Crippen LogP contribution >= 0.6 is 0 Å². The molecule has 2 saturated heterocycles. The molecular formula is C24H35N3O6. The highest BCUT2D eigenvalue weighted by Gasteiger charge is 2.38. The first-order chi connectivity index (χ1) is 15.5. The Bertz CT molecular complexity index is 822. The summed E-state index contributed by atoms with van der Waals surface area (Å²) in [4.78, 5) is 42.2. The number of hydrogen-bond donors (Lipinski definition) is 1. The number of piperazine rings is 1. The summed E-state index contributed by atoms with van der Waals surface area (Å²) in [6, 6.07) is 9.48. The number of rotatable bonds is 4. The van der Waals surface area contributed by atoms with E-state index < -0.39 is 17.3 Å². The number of piperidine rings is 1. The molecule has 9 heteroatoms. The van der Waals surface area contributed by atoms with Crippen LogP contribution in [0.2, 0.25) is 0 Å². The second kappa shape index (κ2) is 10.4. The van der Waals surface area contributed by atoms with Crippen molar-refractivity contribution in [3.8, 4) is 0 Å². The lowest BCUT2D eigenvalue weighted by Gasteiger charge is -2.40. The zero-order valence-electron chi connectivity index (χ0n) is 19.8. The zero-order valence-corrected chi connectivity index (χ0v) is 19.8. The second-order valence-electron chi connectivity index (χ2n) is 9.78. The molecule has 182 valence electrons. The lowest BCUT2D eigenvalue weighted by molar-refractivity contribution is -0.140. The van der Waals surface area contributed by atoms with Crippen LogP contribution in [0.25, 0.3) is 0 Å². The third-order valence-electron chi connectivity index (χ3n) is 5.92. The van der Waals surface area contributed by atoms with Gasteiger partial charge in [-0.3, -0.25) is 4.79 Å². The molecule has 0 aliphatic carbocycles. The summed E-state index contributed by atoms with van der Waals surface area (Å²) in [6.45, 7) is 7.94. The first-order valence-corrected chi connectivity index (χ1v) is 11.5. The van der Waals surface area contributed by atoms with E-state index in [1.165, 1.54) is 0 Å². The van der Waals surface area contributed by atoms with Gasteiger partial charge in [0.05, 0.1) is 12.0 Å². The molecule has 2 aliphatic rings. The third-order valence-corrected chi connectivity index (χ3v) is 5.92. The molecule has 1 N–H and O–H groups in total. The van der Waals surface area contributed by atoms with Gasteiger partial charge in [0.2, 0.25) is 5.91 Å². The molecule has 1 aromatic rings. The fraction of sp³-hybridized carbons (Fsp3) is 0.625. The Morgan fingerprint density at radius 3 is 2.00 bits per heavy atom. The molecule has 2 fully saturated rings. The molecule has 0 radical (unpaired) electrons. The zero-order chi connectivity index (χ0) is 24.1. The van der Waals surface area contributed by atoms with Gasteiger partial charge in [0.15, 0.2) is 0 Å². The number of ether oxygens (including phenoxy) is 2. The highest BCUT2D eigenvalue weighted by atomic mass is 16.6. The van der Waals surface area contributed by atoms with Crippen LogP contribution in [0, 0.1) is 0 Å². The first-order valence-electron chi connectivity index (χ1n) is 11.5. The second-order valence-corrected chi connectivity index (χ2v) is 9.78. The van der Waals surface area contributed by atoms with Crippen LogP contribution in [0.1, 0.15) is 45.6 Å². The summed E-state index contributed by atoms with van der Waals surface area (Å²) < 4.78 is 10.7. The van der Waals surface area contributed by atoms with E-state index in [1.807, 2.05) is 51.1 Å². The Morgan fingerprint density at radius 1 is 0.879 bits per heavy atom. The van der Waals surface area contributed by atoms with Gasteiger partial charge >= 0.3 is 12.2 Å². The summed E-state index contributed by atoms with van der Waals surface area (Å²) in [5, 5.41) is 10.9. The van der Waals surface area contributed by atoms with Crippen LogP contribution in [-0.2, 0) is 20.9 Å². The average molecular weight is 462 g/mol. The van der Waals surface area contributed by atoms with Crippen molar-refractivity contribution in [1.29, 1.82) is 0 Å². The SMILES string of the molecule is CC(C)(C)OC(=O)N1CCC(O)(CC(=O)N2CCN(C(=O)OCc3ccccc3)CC2)CC1. The minimum atomic E-state index is -1.14. The van der Waals surface area contributed by atoms with E-state index in [0.717, 1.165) is 5.56 Å². The molecule has 0 unspecified atom stereocenters. The van der Waals surface area contributed by atoms with E-state index in [9.17, 15) is 19.5 Å². The summed E-state index contributed by atoms with van der Waals surface area (Å²) in [5.41, 5.74) is -0.788. The minimum Gasteiger partial charge on any atom is -0.445 e. The van der Waals surface area contributed by atoms with Gasteiger partial charge in [-0.1, -0.05) is 30.3 Å². The van der Waals surface area contributed by atoms with Gasteiger partial charge in [0, 0.05) is 39.3 Å². The third kappa shape index (κ3) is 7.35. The van der Waals surface area contributed by atoms with Crippen molar-refractivity contribution in [2.75, 3.05) is 39.3 Å². The van der Waals surface area contributed by atoms with Gasteiger partial charge in [-0.2, -0.15) is 0 Å². The molecule has 1 aromatic carbocycles. The van der Waals surface area contributed by atoms with Crippen LogP contribution in [-0.4, -0.2) is 88.4 Å². The van der Waals surface area contributed by atoms with E-state index in [-0.39, 0.29) is 25.0 Å². The normalized spacial score (nSPS) is 18.6. The Balaban J connectivity index is 1.40. The van der Waals surface area contributed by atoms with Crippen molar-refractivity contribution in [2.24, 2.45) is 0 Å². The predicted molar refractivity (Wildman–Crippen MR) is 121 cm³/mol. The van der Waals surface area contributed by atoms with Crippen LogP contribution in [0.15, 0.2) is 30.3 Å². The van der Waals surface area contributed by atoms with Gasteiger partial charge in [0.25, 0.3) is 0 Å². The Kier molecular flexibility index (Phi) is 7.84. The lowest BCUT2D eigenvalue weighted by Crippen LogP contribution is -2.53. The van der Waals surface area contributed by atoms with Crippen molar-refractivity contribution in [1.82, 2.24) is 14.7 Å². The molecule has 9 nitrogen and oxygen atoms in total. The van der Waals surface area contributed by atoms with E-state index in [0.29, 0.717) is 52.1 Å². The summed E-state index contributed by atoms with van der Waals surface area (Å²) in [5.74, 6) is -0.138. The molecule has 0 atom stereocenters. The number of carbonyl (C=O) groups excluding carboxylic acids is 3. The van der Waals surface area contributed by atoms with E-state index in [2.05, 4.69) is 0 Å². The fourth-order valence-electron chi connectivity index (χ4n) is 3.95. The van der Waals surface area contributed by atoms with Crippen molar-refractivity contribution >= 4 is 18.1 Å². The quantitative estimate of drug-likeness (QED) is 0.740. The molecule has 0 bridgehead atoms. The smallest absolute Gasteiger partial charge is 0.410 e. The number of benzene rings is 1. The number of carbonyl (C=O) groups is 3. The number of likely N-dealkylation sites (tertiary alicyclic amines) is 1. The Hall–Kier alpha value is -2.81. The molecule has 0 aromatic heterocycles. The monoisotopic (exact) mass is 461 g/mol. The number of aliphatic hydroxyl groups is 1. The number of nitrogens with zero attached hydrogens (tertiary/aromatic N) is 3. The van der Waals surface area contributed by atoms with E-state index in [1.54, 1.807) is 14.7 Å².